The van der Waals surface area contributed by atoms with Crippen LogP contribution in [0.3, 0.4) is 0 Å². The quantitative estimate of drug-likeness (QED) is 0.230. The van der Waals surface area contributed by atoms with Gasteiger partial charge in [0.15, 0.2) is 11.5 Å². The second kappa shape index (κ2) is 11.0. The fourth-order valence-electron chi connectivity index (χ4n) is 6.75. The molecule has 3 aliphatic heterocycles. The normalized spacial score (nSPS) is 23.8. The summed E-state index contributed by atoms with van der Waals surface area (Å²) in [6.45, 7) is 6.61. The molecule has 3 heterocycles. The molecule has 0 aromatic heterocycles. The van der Waals surface area contributed by atoms with E-state index in [2.05, 4.69) is 0 Å². The number of benzene rings is 3. The third-order valence-corrected chi connectivity index (χ3v) is 8.67. The SMILES string of the molecule is CC(=O)Oc1ccc2c(c1)Oc1cc(C)ccc1N2C(=O)OCc1ccc(C2C(C(=O)O)N3C(=O)[C@H]([C@@H](C)O)[C@H]3[C@H]2C)cc1. The molecule has 2 N–H and O–H groups in total. The number of aliphatic carboxylic acids is 1. The second-order valence-corrected chi connectivity index (χ2v) is 11.6. The van der Waals surface area contributed by atoms with Crippen LogP contribution in [0.5, 0.6) is 17.2 Å². The van der Waals surface area contributed by atoms with Crippen LogP contribution in [-0.4, -0.2) is 57.2 Å². The summed E-state index contributed by atoms with van der Waals surface area (Å²) in [4.78, 5) is 52.7. The molecule has 6 rings (SSSR count). The van der Waals surface area contributed by atoms with Gasteiger partial charge in [-0.05, 0) is 60.7 Å². The van der Waals surface area contributed by atoms with Crippen molar-refractivity contribution >= 4 is 35.3 Å². The number of esters is 1. The number of aryl methyl sites for hydroxylation is 1. The number of rotatable bonds is 6. The van der Waals surface area contributed by atoms with Gasteiger partial charge in [0.1, 0.15) is 18.4 Å². The van der Waals surface area contributed by atoms with Gasteiger partial charge in [0, 0.05) is 24.9 Å². The highest BCUT2D eigenvalue weighted by molar-refractivity contribution is 6.01. The van der Waals surface area contributed by atoms with Gasteiger partial charge in [0.05, 0.1) is 23.4 Å². The van der Waals surface area contributed by atoms with Crippen LogP contribution in [0.2, 0.25) is 0 Å². The van der Waals surface area contributed by atoms with Crippen LogP contribution in [0.4, 0.5) is 16.2 Å². The number of hydrogen-bond donors (Lipinski definition) is 2. The highest BCUT2D eigenvalue weighted by atomic mass is 16.6. The Bertz CT molecular complexity index is 1670. The smallest absolute Gasteiger partial charge is 0.419 e. The Morgan fingerprint density at radius 2 is 1.66 bits per heavy atom. The predicted molar refractivity (Wildman–Crippen MR) is 157 cm³/mol. The average molecular weight is 601 g/mol. The number of ether oxygens (including phenoxy) is 3. The lowest BCUT2D eigenvalue weighted by Crippen LogP contribution is -2.65. The highest BCUT2D eigenvalue weighted by Gasteiger charge is 2.64. The first kappa shape index (κ1) is 29.2. The van der Waals surface area contributed by atoms with E-state index in [0.29, 0.717) is 28.4 Å². The topological polar surface area (TPSA) is 143 Å². The molecule has 2 fully saturated rings. The first-order chi connectivity index (χ1) is 21.0. The van der Waals surface area contributed by atoms with Crippen molar-refractivity contribution in [3.63, 3.8) is 0 Å². The highest BCUT2D eigenvalue weighted by Crippen LogP contribution is 2.52. The number of hydrogen-bond acceptors (Lipinski definition) is 8. The molecule has 0 saturated carbocycles. The van der Waals surface area contributed by atoms with Crippen LogP contribution in [0.1, 0.15) is 43.4 Å². The van der Waals surface area contributed by atoms with Gasteiger partial charge in [-0.1, -0.05) is 37.3 Å². The van der Waals surface area contributed by atoms with Crippen molar-refractivity contribution in [2.45, 2.75) is 58.4 Å². The summed E-state index contributed by atoms with van der Waals surface area (Å²) >= 11 is 0. The van der Waals surface area contributed by atoms with Crippen LogP contribution in [-0.2, 0) is 25.7 Å². The largest absolute Gasteiger partial charge is 0.480 e. The van der Waals surface area contributed by atoms with Gasteiger partial charge in [-0.25, -0.2) is 14.5 Å². The Hall–Kier alpha value is -4.90. The molecular weight excluding hydrogens is 568 g/mol. The van der Waals surface area contributed by atoms with Crippen molar-refractivity contribution in [3.05, 3.63) is 77.4 Å². The fraction of sp³-hybridized carbons (Fsp3) is 0.333. The maximum Gasteiger partial charge on any atom is 0.419 e. The molecule has 3 aliphatic rings. The van der Waals surface area contributed by atoms with Gasteiger partial charge in [0.2, 0.25) is 5.91 Å². The minimum absolute atomic E-state index is 0.0571. The summed E-state index contributed by atoms with van der Waals surface area (Å²) in [5, 5.41) is 20.1. The number of nitrogens with zero attached hydrogens (tertiary/aromatic N) is 2. The Balaban J connectivity index is 1.21. The van der Waals surface area contributed by atoms with Crippen LogP contribution >= 0.6 is 0 Å². The second-order valence-electron chi connectivity index (χ2n) is 11.6. The number of fused-ring (bicyclic) bond motifs is 3. The van der Waals surface area contributed by atoms with Crippen LogP contribution in [0, 0.1) is 18.8 Å². The number of aliphatic hydroxyl groups is 1. The van der Waals surface area contributed by atoms with E-state index in [1.807, 2.05) is 19.9 Å². The zero-order chi connectivity index (χ0) is 31.4. The average Bonchev–Trinajstić information content (AvgIpc) is 3.22. The Morgan fingerprint density at radius 3 is 2.30 bits per heavy atom. The molecule has 2 amide bonds. The first-order valence-electron chi connectivity index (χ1n) is 14.4. The summed E-state index contributed by atoms with van der Waals surface area (Å²) in [6, 6.07) is 15.9. The molecule has 2 saturated heterocycles. The molecule has 3 aromatic rings. The molecule has 44 heavy (non-hydrogen) atoms. The van der Waals surface area contributed by atoms with Crippen molar-refractivity contribution in [1.29, 1.82) is 0 Å². The zero-order valence-electron chi connectivity index (χ0n) is 24.6. The van der Waals surface area contributed by atoms with E-state index in [1.54, 1.807) is 55.5 Å². The molecular formula is C33H32N2O9. The van der Waals surface area contributed by atoms with Crippen LogP contribution < -0.4 is 14.4 Å². The van der Waals surface area contributed by atoms with Gasteiger partial charge in [0.25, 0.3) is 0 Å². The molecule has 0 aliphatic carbocycles. The van der Waals surface area contributed by atoms with E-state index in [9.17, 15) is 29.4 Å². The summed E-state index contributed by atoms with van der Waals surface area (Å²) in [5.74, 6) is -2.10. The minimum Gasteiger partial charge on any atom is -0.480 e. The van der Waals surface area contributed by atoms with Crippen molar-refractivity contribution in [3.8, 4) is 17.2 Å². The molecule has 0 bridgehead atoms. The van der Waals surface area contributed by atoms with Gasteiger partial charge < -0.3 is 29.3 Å². The molecule has 0 radical (unpaired) electrons. The summed E-state index contributed by atoms with van der Waals surface area (Å²) in [7, 11) is 0. The maximum absolute atomic E-state index is 13.5. The van der Waals surface area contributed by atoms with Gasteiger partial charge in [-0.15, -0.1) is 0 Å². The first-order valence-corrected chi connectivity index (χ1v) is 14.4. The maximum atomic E-state index is 13.5. The van der Waals surface area contributed by atoms with Crippen molar-refractivity contribution in [2.75, 3.05) is 4.90 Å². The Kier molecular flexibility index (Phi) is 7.28. The third kappa shape index (κ3) is 4.83. The van der Waals surface area contributed by atoms with Crippen molar-refractivity contribution in [2.24, 2.45) is 11.8 Å². The molecule has 2 unspecified atom stereocenters. The monoisotopic (exact) mass is 600 g/mol. The van der Waals surface area contributed by atoms with E-state index in [0.717, 1.165) is 11.1 Å². The number of carboxylic acid groups (broad SMARTS) is 1. The lowest BCUT2D eigenvalue weighted by Gasteiger charge is -2.47. The fourth-order valence-corrected chi connectivity index (χ4v) is 6.75. The minimum atomic E-state index is -1.08. The summed E-state index contributed by atoms with van der Waals surface area (Å²) in [6.07, 6.45) is -1.51. The van der Waals surface area contributed by atoms with Gasteiger partial charge >= 0.3 is 18.0 Å². The van der Waals surface area contributed by atoms with E-state index >= 15 is 0 Å². The summed E-state index contributed by atoms with van der Waals surface area (Å²) < 4.78 is 17.0. The van der Waals surface area contributed by atoms with Gasteiger partial charge in [-0.3, -0.25) is 9.59 Å². The van der Waals surface area contributed by atoms with Gasteiger partial charge in [-0.2, -0.15) is 0 Å². The van der Waals surface area contributed by atoms with Crippen molar-refractivity contribution in [1.82, 2.24) is 4.90 Å². The van der Waals surface area contributed by atoms with E-state index in [4.69, 9.17) is 14.2 Å². The predicted octanol–water partition coefficient (Wildman–Crippen LogP) is 4.90. The third-order valence-electron chi connectivity index (χ3n) is 8.67. The molecule has 11 heteroatoms. The number of β-lactam (4-membered cyclic amide) rings is 1. The summed E-state index contributed by atoms with van der Waals surface area (Å²) in [5.41, 5.74) is 3.27. The van der Waals surface area contributed by atoms with E-state index in [1.165, 1.54) is 22.8 Å². The van der Waals surface area contributed by atoms with E-state index in [-0.39, 0.29) is 30.2 Å². The van der Waals surface area contributed by atoms with Crippen molar-refractivity contribution < 1.29 is 43.6 Å². The Labute approximate surface area is 253 Å². The molecule has 228 valence electrons. The van der Waals surface area contributed by atoms with Crippen LogP contribution in [0.15, 0.2) is 60.7 Å². The number of aliphatic hydroxyl groups excluding tert-OH is 1. The molecule has 6 atom stereocenters. The van der Waals surface area contributed by atoms with Crippen LogP contribution in [0.25, 0.3) is 0 Å². The molecule has 0 spiro atoms. The Morgan fingerprint density at radius 1 is 1.00 bits per heavy atom. The lowest BCUT2D eigenvalue weighted by molar-refractivity contribution is -0.171. The molecule has 3 aromatic carbocycles. The standard InChI is InChI=1S/C33H32N2O9/c1-16-5-11-23-25(13-16)44-26-14-22(43-19(4)37)10-12-24(26)34(23)33(41)42-15-20-6-8-21(9-7-20)27-17(2)29-28(18(3)36)31(38)35(29)30(27)32(39)40/h5-14,17-18,27-30,36H,15H2,1-4H3,(H,39,40)/t17-,18+,27?,28+,29+,30?/m0/s1. The number of anilines is 2. The molecule has 11 nitrogen and oxygen atoms in total. The van der Waals surface area contributed by atoms with E-state index < -0.39 is 42.0 Å². The number of carboxylic acids is 1. The number of amides is 2. The lowest BCUT2D eigenvalue weighted by atomic mass is 9.76. The number of carbonyl (C=O) groups is 4. The number of carbonyl (C=O) groups excluding carboxylic acids is 3. The zero-order valence-corrected chi connectivity index (χ0v) is 24.6.